The second kappa shape index (κ2) is 8.71. The summed E-state index contributed by atoms with van der Waals surface area (Å²) in [4.78, 5) is 4.75. The van der Waals surface area contributed by atoms with Gasteiger partial charge in [-0.15, -0.1) is 0 Å². The summed E-state index contributed by atoms with van der Waals surface area (Å²) in [7, 11) is 0. The van der Waals surface area contributed by atoms with E-state index in [1.165, 1.54) is 17.7 Å². The maximum absolute atomic E-state index is 12.7. The van der Waals surface area contributed by atoms with Crippen molar-refractivity contribution in [3.63, 3.8) is 0 Å². The zero-order valence-corrected chi connectivity index (χ0v) is 15.1. The molecule has 1 aliphatic rings. The number of halogens is 2. The molecule has 26 heavy (non-hydrogen) atoms. The Morgan fingerprint density at radius 1 is 0.846 bits per heavy atom. The molecule has 3 nitrogen and oxygen atoms in total. The largest absolute Gasteiger partial charge is 0.395 e. The van der Waals surface area contributed by atoms with Gasteiger partial charge in [-0.1, -0.05) is 48.5 Å². The molecular formula is C21H26F2N2O. The fourth-order valence-electron chi connectivity index (χ4n) is 3.50. The lowest BCUT2D eigenvalue weighted by atomic mass is 9.99. The molecule has 0 amide bonds. The second-order valence-electron chi connectivity index (χ2n) is 6.82. The van der Waals surface area contributed by atoms with E-state index in [1.807, 2.05) is 0 Å². The Bertz CT molecular complexity index is 680. The van der Waals surface area contributed by atoms with Crippen LogP contribution in [0.4, 0.5) is 8.78 Å². The summed E-state index contributed by atoms with van der Waals surface area (Å²) in [6.45, 7) is 7.15. The molecule has 1 fully saturated rings. The smallest absolute Gasteiger partial charge is 0.263 e. The van der Waals surface area contributed by atoms with Gasteiger partial charge < -0.3 is 5.11 Å². The Balaban J connectivity index is 1.63. The van der Waals surface area contributed by atoms with Gasteiger partial charge in [0.05, 0.1) is 6.61 Å². The van der Waals surface area contributed by atoms with Gasteiger partial charge >= 0.3 is 0 Å². The van der Waals surface area contributed by atoms with Crippen molar-refractivity contribution in [2.24, 2.45) is 0 Å². The van der Waals surface area contributed by atoms with E-state index in [4.69, 9.17) is 5.11 Å². The number of nitrogens with zero attached hydrogens (tertiary/aromatic N) is 2. The molecule has 0 aromatic heterocycles. The molecule has 1 saturated heterocycles. The highest BCUT2D eigenvalue weighted by Gasteiger charge is 2.21. The molecule has 0 radical (unpaired) electrons. The van der Waals surface area contributed by atoms with E-state index in [-0.39, 0.29) is 12.2 Å². The van der Waals surface area contributed by atoms with Crippen molar-refractivity contribution in [3.05, 3.63) is 59.7 Å². The summed E-state index contributed by atoms with van der Waals surface area (Å²) in [6, 6.07) is 15.2. The van der Waals surface area contributed by atoms with Crippen molar-refractivity contribution >= 4 is 0 Å². The van der Waals surface area contributed by atoms with Gasteiger partial charge in [-0.05, 0) is 23.6 Å². The van der Waals surface area contributed by atoms with Gasteiger partial charge in [-0.3, -0.25) is 9.80 Å². The van der Waals surface area contributed by atoms with Crippen molar-refractivity contribution in [1.29, 1.82) is 0 Å². The van der Waals surface area contributed by atoms with Crippen molar-refractivity contribution in [2.75, 3.05) is 39.3 Å². The SMILES string of the molecule is CC(c1ccc(-c2ccc(C(F)F)cc2)cc1)N1CCN(CCO)CC1. The van der Waals surface area contributed by atoms with E-state index in [0.717, 1.165) is 43.9 Å². The first-order chi connectivity index (χ1) is 12.6. The van der Waals surface area contributed by atoms with E-state index in [1.54, 1.807) is 12.1 Å². The third kappa shape index (κ3) is 4.47. The summed E-state index contributed by atoms with van der Waals surface area (Å²) >= 11 is 0. The number of aliphatic hydroxyl groups is 1. The summed E-state index contributed by atoms with van der Waals surface area (Å²) in [5, 5.41) is 9.04. The minimum atomic E-state index is -2.43. The first-order valence-electron chi connectivity index (χ1n) is 9.14. The lowest BCUT2D eigenvalue weighted by Gasteiger charge is -2.38. The van der Waals surface area contributed by atoms with Crippen molar-refractivity contribution < 1.29 is 13.9 Å². The van der Waals surface area contributed by atoms with Crippen LogP contribution in [-0.4, -0.2) is 54.2 Å². The van der Waals surface area contributed by atoms with Gasteiger partial charge in [0.15, 0.2) is 0 Å². The van der Waals surface area contributed by atoms with Crippen LogP contribution < -0.4 is 0 Å². The van der Waals surface area contributed by atoms with Crippen LogP contribution in [0.25, 0.3) is 11.1 Å². The molecule has 2 aromatic rings. The first kappa shape index (κ1) is 19.0. The molecular weight excluding hydrogens is 334 g/mol. The summed E-state index contributed by atoms with van der Waals surface area (Å²) in [5.74, 6) is 0. The van der Waals surface area contributed by atoms with E-state index in [2.05, 4.69) is 41.0 Å². The molecule has 0 bridgehead atoms. The van der Waals surface area contributed by atoms with Crippen LogP contribution in [0.2, 0.25) is 0 Å². The van der Waals surface area contributed by atoms with Gasteiger partial charge in [-0.2, -0.15) is 0 Å². The molecule has 1 unspecified atom stereocenters. The predicted molar refractivity (Wildman–Crippen MR) is 100 cm³/mol. The Hall–Kier alpha value is -1.82. The van der Waals surface area contributed by atoms with E-state index < -0.39 is 6.43 Å². The highest BCUT2D eigenvalue weighted by atomic mass is 19.3. The Labute approximate surface area is 153 Å². The maximum Gasteiger partial charge on any atom is 0.263 e. The van der Waals surface area contributed by atoms with Crippen LogP contribution >= 0.6 is 0 Å². The minimum Gasteiger partial charge on any atom is -0.395 e. The molecule has 0 saturated carbocycles. The number of hydrogen-bond acceptors (Lipinski definition) is 3. The minimum absolute atomic E-state index is 0.0549. The number of alkyl halides is 2. The number of piperazine rings is 1. The normalized spacial score (nSPS) is 17.6. The Morgan fingerprint density at radius 3 is 1.81 bits per heavy atom. The van der Waals surface area contributed by atoms with Crippen LogP contribution in [0.5, 0.6) is 0 Å². The zero-order chi connectivity index (χ0) is 18.5. The van der Waals surface area contributed by atoms with Crippen LogP contribution in [0.1, 0.15) is 30.5 Å². The second-order valence-corrected chi connectivity index (χ2v) is 6.82. The van der Waals surface area contributed by atoms with Gasteiger partial charge in [0.25, 0.3) is 6.43 Å². The van der Waals surface area contributed by atoms with Crippen LogP contribution in [-0.2, 0) is 0 Å². The summed E-state index contributed by atoms with van der Waals surface area (Å²) in [6.07, 6.45) is -2.43. The average Bonchev–Trinajstić information content (AvgIpc) is 2.68. The molecule has 5 heteroatoms. The van der Waals surface area contributed by atoms with Crippen molar-refractivity contribution in [1.82, 2.24) is 9.80 Å². The molecule has 1 N–H and O–H groups in total. The molecule has 2 aromatic carbocycles. The molecule has 1 aliphatic heterocycles. The Morgan fingerprint density at radius 2 is 1.35 bits per heavy atom. The standard InChI is InChI=1S/C21H26F2N2O/c1-16(25-12-10-24(11-13-25)14-15-26)17-2-4-18(5-3-17)19-6-8-20(9-7-19)21(22)23/h2-9,16,21,26H,10-15H2,1H3. The molecule has 0 spiro atoms. The van der Waals surface area contributed by atoms with Gasteiger partial charge in [0.1, 0.15) is 0 Å². The van der Waals surface area contributed by atoms with Crippen molar-refractivity contribution in [2.45, 2.75) is 19.4 Å². The fraction of sp³-hybridized carbons (Fsp3) is 0.429. The van der Waals surface area contributed by atoms with Crippen LogP contribution in [0.15, 0.2) is 48.5 Å². The first-order valence-corrected chi connectivity index (χ1v) is 9.14. The maximum atomic E-state index is 12.7. The predicted octanol–water partition coefficient (Wildman–Crippen LogP) is 3.96. The quantitative estimate of drug-likeness (QED) is 0.845. The fourth-order valence-corrected chi connectivity index (χ4v) is 3.50. The molecule has 1 atom stereocenters. The number of hydrogen-bond donors (Lipinski definition) is 1. The summed E-state index contributed by atoms with van der Waals surface area (Å²) in [5.41, 5.74) is 3.30. The average molecular weight is 360 g/mol. The molecule has 1 heterocycles. The molecule has 0 aliphatic carbocycles. The van der Waals surface area contributed by atoms with Crippen LogP contribution in [0.3, 0.4) is 0 Å². The van der Waals surface area contributed by atoms with Gasteiger partial charge in [0.2, 0.25) is 0 Å². The Kier molecular flexibility index (Phi) is 6.35. The van der Waals surface area contributed by atoms with Crippen molar-refractivity contribution in [3.8, 4) is 11.1 Å². The van der Waals surface area contributed by atoms with E-state index in [9.17, 15) is 8.78 Å². The third-order valence-electron chi connectivity index (χ3n) is 5.26. The van der Waals surface area contributed by atoms with E-state index in [0.29, 0.717) is 6.04 Å². The summed E-state index contributed by atoms with van der Waals surface area (Å²) < 4.78 is 25.3. The lowest BCUT2D eigenvalue weighted by Crippen LogP contribution is -2.47. The monoisotopic (exact) mass is 360 g/mol. The number of rotatable bonds is 6. The molecule has 3 rings (SSSR count). The number of benzene rings is 2. The van der Waals surface area contributed by atoms with Gasteiger partial charge in [0, 0.05) is 44.3 Å². The number of β-amino-alcohol motifs (C(OH)–C–C–N with tert-alkyl or cyclic N) is 1. The highest BCUT2D eigenvalue weighted by molar-refractivity contribution is 5.64. The van der Waals surface area contributed by atoms with Gasteiger partial charge in [-0.25, -0.2) is 8.78 Å². The number of aliphatic hydroxyl groups excluding tert-OH is 1. The van der Waals surface area contributed by atoms with E-state index >= 15 is 0 Å². The highest BCUT2D eigenvalue weighted by Crippen LogP contribution is 2.27. The zero-order valence-electron chi connectivity index (χ0n) is 15.1. The molecule has 140 valence electrons. The third-order valence-corrected chi connectivity index (χ3v) is 5.26. The lowest BCUT2D eigenvalue weighted by molar-refractivity contribution is 0.0888. The topological polar surface area (TPSA) is 26.7 Å². The van der Waals surface area contributed by atoms with Crippen LogP contribution in [0, 0.1) is 0 Å².